The molecule has 0 saturated carbocycles. The molecule has 0 atom stereocenters. The number of nitrogens with zero attached hydrogens (tertiary/aromatic N) is 2. The number of aromatic hydroxyl groups is 1. The second-order valence-corrected chi connectivity index (χ2v) is 4.41. The zero-order chi connectivity index (χ0) is 12.7. The van der Waals surface area contributed by atoms with Crippen molar-refractivity contribution in [2.45, 2.75) is 19.3 Å². The summed E-state index contributed by atoms with van der Waals surface area (Å²) in [4.78, 5) is 8.58. The normalized spacial score (nSPS) is 13.6. The number of nitrogen functional groups attached to an aromatic ring is 1. The Hall–Kier alpha value is -2.17. The number of benzene rings is 1. The van der Waals surface area contributed by atoms with Crippen molar-refractivity contribution in [2.24, 2.45) is 0 Å². The largest absolute Gasteiger partial charge is 0.508 e. The van der Waals surface area contributed by atoms with Gasteiger partial charge in [0.25, 0.3) is 0 Å². The van der Waals surface area contributed by atoms with Crippen LogP contribution >= 0.6 is 0 Å². The number of fused-ring (bicyclic) bond motifs is 1. The predicted molar refractivity (Wildman–Crippen MR) is 65.5 cm³/mol. The van der Waals surface area contributed by atoms with Gasteiger partial charge in [-0.1, -0.05) is 0 Å². The number of aromatic nitrogens is 2. The van der Waals surface area contributed by atoms with E-state index in [2.05, 4.69) is 9.97 Å². The van der Waals surface area contributed by atoms with Crippen LogP contribution in [0, 0.1) is 5.82 Å². The second-order valence-electron chi connectivity index (χ2n) is 4.41. The third-order valence-corrected chi connectivity index (χ3v) is 3.11. The van der Waals surface area contributed by atoms with Gasteiger partial charge in [-0.15, -0.1) is 0 Å². The van der Waals surface area contributed by atoms with Crippen LogP contribution in [0.5, 0.6) is 5.75 Å². The lowest BCUT2D eigenvalue weighted by molar-refractivity contribution is 0.469. The molecule has 5 heteroatoms. The lowest BCUT2D eigenvalue weighted by Gasteiger charge is -2.07. The first-order valence-electron chi connectivity index (χ1n) is 5.78. The van der Waals surface area contributed by atoms with Crippen LogP contribution in [0.15, 0.2) is 18.2 Å². The van der Waals surface area contributed by atoms with Crippen LogP contribution in [-0.4, -0.2) is 15.1 Å². The molecule has 4 nitrogen and oxygen atoms in total. The molecule has 0 spiro atoms. The van der Waals surface area contributed by atoms with Crippen molar-refractivity contribution in [2.75, 3.05) is 5.73 Å². The van der Waals surface area contributed by atoms with Gasteiger partial charge in [-0.3, -0.25) is 0 Å². The summed E-state index contributed by atoms with van der Waals surface area (Å²) in [6, 6.07) is 3.76. The van der Waals surface area contributed by atoms with Gasteiger partial charge in [0.05, 0.1) is 0 Å². The van der Waals surface area contributed by atoms with Crippen LogP contribution in [0.25, 0.3) is 11.4 Å². The van der Waals surface area contributed by atoms with Crippen LogP contribution in [0.1, 0.15) is 17.7 Å². The van der Waals surface area contributed by atoms with Gasteiger partial charge in [-0.2, -0.15) is 0 Å². The number of hydrogen-bond acceptors (Lipinski definition) is 4. The molecule has 1 aliphatic rings. The highest BCUT2D eigenvalue weighted by molar-refractivity contribution is 5.61. The van der Waals surface area contributed by atoms with Crippen LogP contribution in [0.4, 0.5) is 10.2 Å². The first kappa shape index (κ1) is 11.0. The van der Waals surface area contributed by atoms with Gasteiger partial charge in [0.2, 0.25) is 0 Å². The Morgan fingerprint density at radius 3 is 2.78 bits per heavy atom. The monoisotopic (exact) mass is 245 g/mol. The van der Waals surface area contributed by atoms with E-state index in [1.54, 1.807) is 0 Å². The molecule has 1 aromatic carbocycles. The summed E-state index contributed by atoms with van der Waals surface area (Å²) < 4.78 is 13.2. The number of nitrogens with two attached hydrogens (primary N) is 1. The number of phenols is 1. The summed E-state index contributed by atoms with van der Waals surface area (Å²) in [5.74, 6) is 0.152. The third-order valence-electron chi connectivity index (χ3n) is 3.11. The average molecular weight is 245 g/mol. The van der Waals surface area contributed by atoms with E-state index in [9.17, 15) is 9.50 Å². The molecule has 1 heterocycles. The first-order chi connectivity index (χ1) is 8.63. The minimum absolute atomic E-state index is 0.146. The molecular formula is C13H12FN3O. The fraction of sp³-hybridized carbons (Fsp3) is 0.231. The molecule has 0 radical (unpaired) electrons. The van der Waals surface area contributed by atoms with Gasteiger partial charge < -0.3 is 10.8 Å². The molecule has 0 amide bonds. The van der Waals surface area contributed by atoms with Crippen molar-refractivity contribution < 1.29 is 9.50 Å². The number of hydrogen-bond donors (Lipinski definition) is 2. The quantitative estimate of drug-likeness (QED) is 0.806. The summed E-state index contributed by atoms with van der Waals surface area (Å²) in [6.45, 7) is 0. The van der Waals surface area contributed by atoms with Gasteiger partial charge in [-0.25, -0.2) is 14.4 Å². The van der Waals surface area contributed by atoms with Crippen molar-refractivity contribution in [1.82, 2.24) is 9.97 Å². The maximum atomic E-state index is 13.2. The zero-order valence-corrected chi connectivity index (χ0v) is 9.65. The maximum Gasteiger partial charge on any atom is 0.162 e. The Kier molecular flexibility index (Phi) is 2.40. The highest BCUT2D eigenvalue weighted by Gasteiger charge is 2.18. The van der Waals surface area contributed by atoms with Crippen LogP contribution in [0.2, 0.25) is 0 Å². The Labute approximate surface area is 103 Å². The van der Waals surface area contributed by atoms with Crippen molar-refractivity contribution in [3.8, 4) is 17.1 Å². The Balaban J connectivity index is 2.15. The van der Waals surface area contributed by atoms with E-state index >= 15 is 0 Å². The molecule has 18 heavy (non-hydrogen) atoms. The summed E-state index contributed by atoms with van der Waals surface area (Å²) >= 11 is 0. The van der Waals surface area contributed by atoms with Crippen molar-refractivity contribution >= 4 is 5.82 Å². The summed E-state index contributed by atoms with van der Waals surface area (Å²) in [5.41, 5.74) is 8.25. The average Bonchev–Trinajstić information content (AvgIpc) is 2.76. The highest BCUT2D eigenvalue weighted by atomic mass is 19.1. The minimum atomic E-state index is -0.521. The molecule has 3 N–H and O–H groups in total. The smallest absolute Gasteiger partial charge is 0.162 e. The van der Waals surface area contributed by atoms with Gasteiger partial charge in [0, 0.05) is 22.9 Å². The molecule has 0 saturated heterocycles. The Morgan fingerprint density at radius 2 is 2.00 bits per heavy atom. The van der Waals surface area contributed by atoms with Gasteiger partial charge in [0.1, 0.15) is 17.4 Å². The van der Waals surface area contributed by atoms with Crippen molar-refractivity contribution in [3.05, 3.63) is 35.3 Å². The first-order valence-corrected chi connectivity index (χ1v) is 5.78. The van der Waals surface area contributed by atoms with E-state index in [1.807, 2.05) is 0 Å². The maximum absolute atomic E-state index is 13.2. The van der Waals surface area contributed by atoms with Gasteiger partial charge >= 0.3 is 0 Å². The minimum Gasteiger partial charge on any atom is -0.508 e. The summed E-state index contributed by atoms with van der Waals surface area (Å²) in [5, 5.41) is 9.39. The fourth-order valence-corrected chi connectivity index (χ4v) is 2.29. The molecule has 2 aromatic rings. The van der Waals surface area contributed by atoms with E-state index < -0.39 is 5.82 Å². The molecule has 3 rings (SSSR count). The summed E-state index contributed by atoms with van der Waals surface area (Å²) in [7, 11) is 0. The lowest BCUT2D eigenvalue weighted by Crippen LogP contribution is -2.02. The molecule has 0 aliphatic heterocycles. The molecule has 92 valence electrons. The third kappa shape index (κ3) is 1.77. The van der Waals surface area contributed by atoms with Crippen molar-refractivity contribution in [1.29, 1.82) is 0 Å². The number of phenolic OH excluding ortho intramolecular Hbond substituents is 1. The highest BCUT2D eigenvalue weighted by Crippen LogP contribution is 2.29. The van der Waals surface area contributed by atoms with Crippen LogP contribution < -0.4 is 5.73 Å². The number of rotatable bonds is 1. The Morgan fingerprint density at radius 1 is 1.17 bits per heavy atom. The molecular weight excluding hydrogens is 233 g/mol. The second kappa shape index (κ2) is 3.94. The van der Waals surface area contributed by atoms with Gasteiger partial charge in [-0.05, 0) is 31.4 Å². The zero-order valence-electron chi connectivity index (χ0n) is 9.65. The molecule has 0 fully saturated rings. The molecule has 1 aliphatic carbocycles. The summed E-state index contributed by atoms with van der Waals surface area (Å²) in [6.07, 6.45) is 2.79. The van der Waals surface area contributed by atoms with Crippen LogP contribution in [0.3, 0.4) is 0 Å². The van der Waals surface area contributed by atoms with E-state index in [4.69, 9.17) is 5.73 Å². The predicted octanol–water partition coefficient (Wildman–Crippen LogP) is 2.06. The SMILES string of the molecule is Nc1nc(-c2cc(O)cc(F)c2)nc2c1CCC2. The topological polar surface area (TPSA) is 72.0 Å². The van der Waals surface area contributed by atoms with E-state index in [-0.39, 0.29) is 5.75 Å². The van der Waals surface area contributed by atoms with E-state index in [0.29, 0.717) is 17.2 Å². The number of halogens is 1. The van der Waals surface area contributed by atoms with E-state index in [1.165, 1.54) is 12.1 Å². The van der Waals surface area contributed by atoms with Crippen molar-refractivity contribution in [3.63, 3.8) is 0 Å². The number of aryl methyl sites for hydroxylation is 1. The Bertz CT molecular complexity index is 608. The standard InChI is InChI=1S/C13H12FN3O/c14-8-4-7(5-9(18)6-8)13-16-11-3-1-2-10(11)12(15)17-13/h4-6,18H,1-3H2,(H2,15,16,17). The van der Waals surface area contributed by atoms with E-state index in [0.717, 1.165) is 36.6 Å². The fourth-order valence-electron chi connectivity index (χ4n) is 2.29. The molecule has 1 aromatic heterocycles. The molecule has 0 bridgehead atoms. The lowest BCUT2D eigenvalue weighted by atomic mass is 10.1. The van der Waals surface area contributed by atoms with Crippen LogP contribution in [-0.2, 0) is 12.8 Å². The molecule has 0 unspecified atom stereocenters. The number of anilines is 1. The van der Waals surface area contributed by atoms with Gasteiger partial charge in [0.15, 0.2) is 5.82 Å².